The van der Waals surface area contributed by atoms with Crippen molar-refractivity contribution in [2.45, 2.75) is 32.4 Å². The molecule has 0 bridgehead atoms. The average molecular weight is 323 g/mol. The summed E-state index contributed by atoms with van der Waals surface area (Å²) in [5.41, 5.74) is 1.85. The number of fused-ring (bicyclic) bond motifs is 2. The van der Waals surface area contributed by atoms with E-state index in [4.69, 9.17) is 0 Å². The van der Waals surface area contributed by atoms with Gasteiger partial charge in [-0.05, 0) is 52.1 Å². The third kappa shape index (κ3) is 3.16. The zero-order valence-electron chi connectivity index (χ0n) is 14.3. The molecule has 0 aliphatic rings. The lowest BCUT2D eigenvalue weighted by Gasteiger charge is -2.27. The lowest BCUT2D eigenvalue weighted by atomic mass is 9.94. The second-order valence-corrected chi connectivity index (χ2v) is 6.72. The van der Waals surface area contributed by atoms with Gasteiger partial charge in [-0.25, -0.2) is 0 Å². The molecule has 3 heteroatoms. The Morgan fingerprint density at radius 1 is 0.917 bits per heavy atom. The van der Waals surface area contributed by atoms with Gasteiger partial charge in [-0.15, -0.1) is 0 Å². The molecule has 0 saturated carbocycles. The number of aryl methyl sites for hydroxylation is 1. The standard InChI is InChI=1S/C21H25NO2/c1-3-15-8-9-19-17(10-15)11-16-6-4-5-7-18(16)20(19)12-22-21(2,13-23)14-24/h4-11,22-24H,3,12-14H2,1-2H3. The Morgan fingerprint density at radius 3 is 2.33 bits per heavy atom. The molecule has 3 N–H and O–H groups in total. The summed E-state index contributed by atoms with van der Waals surface area (Å²) >= 11 is 0. The van der Waals surface area contributed by atoms with Crippen molar-refractivity contribution in [3.8, 4) is 0 Å². The first-order valence-corrected chi connectivity index (χ1v) is 8.50. The average Bonchev–Trinajstić information content (AvgIpc) is 2.64. The highest BCUT2D eigenvalue weighted by atomic mass is 16.3. The summed E-state index contributed by atoms with van der Waals surface area (Å²) in [6, 6.07) is 17.2. The number of hydrogen-bond donors (Lipinski definition) is 3. The Labute approximate surface area is 142 Å². The molecule has 3 rings (SSSR count). The second kappa shape index (κ2) is 6.89. The van der Waals surface area contributed by atoms with Crippen LogP contribution in [0.2, 0.25) is 0 Å². The molecule has 0 unspecified atom stereocenters. The highest BCUT2D eigenvalue weighted by Gasteiger charge is 2.22. The highest BCUT2D eigenvalue weighted by molar-refractivity contribution is 6.02. The van der Waals surface area contributed by atoms with E-state index in [-0.39, 0.29) is 13.2 Å². The van der Waals surface area contributed by atoms with Crippen LogP contribution in [0.15, 0.2) is 48.5 Å². The van der Waals surface area contributed by atoms with Crippen LogP contribution in [0.5, 0.6) is 0 Å². The highest BCUT2D eigenvalue weighted by Crippen LogP contribution is 2.29. The van der Waals surface area contributed by atoms with Crippen molar-refractivity contribution in [1.29, 1.82) is 0 Å². The van der Waals surface area contributed by atoms with Crippen molar-refractivity contribution < 1.29 is 10.2 Å². The summed E-state index contributed by atoms with van der Waals surface area (Å²) in [6.45, 7) is 4.38. The number of aliphatic hydroxyl groups excluding tert-OH is 2. The van der Waals surface area contributed by atoms with Gasteiger partial charge in [0.05, 0.1) is 18.8 Å². The maximum Gasteiger partial charge on any atom is 0.0633 e. The second-order valence-electron chi connectivity index (χ2n) is 6.72. The molecule has 126 valence electrons. The number of nitrogens with one attached hydrogen (secondary N) is 1. The molecule has 0 saturated heterocycles. The van der Waals surface area contributed by atoms with Crippen LogP contribution in [0.3, 0.4) is 0 Å². The molecule has 0 amide bonds. The molecule has 0 heterocycles. The predicted octanol–water partition coefficient (Wildman–Crippen LogP) is 3.39. The summed E-state index contributed by atoms with van der Waals surface area (Å²) in [5.74, 6) is 0. The first-order valence-electron chi connectivity index (χ1n) is 8.50. The first-order chi connectivity index (χ1) is 11.6. The van der Waals surface area contributed by atoms with E-state index >= 15 is 0 Å². The maximum absolute atomic E-state index is 9.54. The fraction of sp³-hybridized carbons (Fsp3) is 0.333. The Hall–Kier alpha value is -1.94. The quantitative estimate of drug-likeness (QED) is 0.610. The summed E-state index contributed by atoms with van der Waals surface area (Å²) in [7, 11) is 0. The lowest BCUT2D eigenvalue weighted by Crippen LogP contribution is -2.48. The van der Waals surface area contributed by atoms with Gasteiger partial charge in [-0.1, -0.05) is 49.4 Å². The van der Waals surface area contributed by atoms with Crippen LogP contribution >= 0.6 is 0 Å². The van der Waals surface area contributed by atoms with Crippen LogP contribution in [0.1, 0.15) is 25.0 Å². The molecule has 0 aromatic heterocycles. The Bertz CT molecular complexity index is 853. The van der Waals surface area contributed by atoms with Crippen LogP contribution in [-0.2, 0) is 13.0 Å². The van der Waals surface area contributed by atoms with E-state index in [2.05, 4.69) is 60.8 Å². The smallest absolute Gasteiger partial charge is 0.0633 e. The molecular weight excluding hydrogens is 298 g/mol. The molecule has 3 nitrogen and oxygen atoms in total. The summed E-state index contributed by atoms with van der Waals surface area (Å²) < 4.78 is 0. The third-order valence-corrected chi connectivity index (χ3v) is 4.84. The van der Waals surface area contributed by atoms with Gasteiger partial charge in [0.25, 0.3) is 0 Å². The van der Waals surface area contributed by atoms with Crippen LogP contribution in [-0.4, -0.2) is 29.0 Å². The van der Waals surface area contributed by atoms with Gasteiger partial charge >= 0.3 is 0 Å². The van der Waals surface area contributed by atoms with Crippen LogP contribution in [0, 0.1) is 0 Å². The molecule has 3 aromatic rings. The summed E-state index contributed by atoms with van der Waals surface area (Å²) in [4.78, 5) is 0. The molecule has 0 spiro atoms. The number of aliphatic hydroxyl groups is 2. The van der Waals surface area contributed by atoms with E-state index in [1.165, 1.54) is 32.7 Å². The van der Waals surface area contributed by atoms with Crippen LogP contribution in [0.25, 0.3) is 21.5 Å². The zero-order chi connectivity index (χ0) is 17.2. The topological polar surface area (TPSA) is 52.5 Å². The number of rotatable bonds is 6. The molecule has 0 atom stereocenters. The first kappa shape index (κ1) is 16.9. The van der Waals surface area contributed by atoms with Gasteiger partial charge in [-0.3, -0.25) is 0 Å². The van der Waals surface area contributed by atoms with Crippen molar-refractivity contribution in [3.63, 3.8) is 0 Å². The molecule has 24 heavy (non-hydrogen) atoms. The largest absolute Gasteiger partial charge is 0.394 e. The van der Waals surface area contributed by atoms with Crippen molar-refractivity contribution >= 4 is 21.5 Å². The van der Waals surface area contributed by atoms with Crippen molar-refractivity contribution in [2.24, 2.45) is 0 Å². The van der Waals surface area contributed by atoms with E-state index in [0.29, 0.717) is 6.54 Å². The minimum Gasteiger partial charge on any atom is -0.394 e. The van der Waals surface area contributed by atoms with Gasteiger partial charge < -0.3 is 15.5 Å². The molecule has 3 aromatic carbocycles. The van der Waals surface area contributed by atoms with Gasteiger partial charge in [-0.2, -0.15) is 0 Å². The SMILES string of the molecule is CCc1ccc2c(CNC(C)(CO)CO)c3ccccc3cc2c1. The summed E-state index contributed by atoms with van der Waals surface area (Å²) in [6.07, 6.45) is 1.02. The normalized spacial score (nSPS) is 12.2. The minimum atomic E-state index is -0.688. The van der Waals surface area contributed by atoms with Gasteiger partial charge in [0, 0.05) is 6.54 Å². The van der Waals surface area contributed by atoms with Crippen LogP contribution < -0.4 is 5.32 Å². The molecule has 0 radical (unpaired) electrons. The van der Waals surface area contributed by atoms with E-state index in [9.17, 15) is 10.2 Å². The monoisotopic (exact) mass is 323 g/mol. The van der Waals surface area contributed by atoms with E-state index < -0.39 is 5.54 Å². The Morgan fingerprint density at radius 2 is 1.62 bits per heavy atom. The van der Waals surface area contributed by atoms with Gasteiger partial charge in [0.1, 0.15) is 0 Å². The lowest BCUT2D eigenvalue weighted by molar-refractivity contribution is 0.103. The molecular formula is C21H25NO2. The van der Waals surface area contributed by atoms with E-state index in [0.717, 1.165) is 6.42 Å². The fourth-order valence-corrected chi connectivity index (χ4v) is 3.09. The minimum absolute atomic E-state index is 0.105. The number of hydrogen-bond acceptors (Lipinski definition) is 3. The Balaban J connectivity index is 2.14. The Kier molecular flexibility index (Phi) is 4.86. The van der Waals surface area contributed by atoms with E-state index in [1.807, 2.05) is 6.92 Å². The van der Waals surface area contributed by atoms with Crippen molar-refractivity contribution in [2.75, 3.05) is 13.2 Å². The molecule has 0 fully saturated rings. The van der Waals surface area contributed by atoms with Crippen molar-refractivity contribution in [3.05, 3.63) is 59.7 Å². The molecule has 0 aliphatic heterocycles. The van der Waals surface area contributed by atoms with E-state index in [1.54, 1.807) is 0 Å². The third-order valence-electron chi connectivity index (χ3n) is 4.84. The number of benzene rings is 3. The summed E-state index contributed by atoms with van der Waals surface area (Å²) in [5, 5.41) is 27.3. The maximum atomic E-state index is 9.54. The fourth-order valence-electron chi connectivity index (χ4n) is 3.09. The molecule has 0 aliphatic carbocycles. The van der Waals surface area contributed by atoms with Gasteiger partial charge in [0.2, 0.25) is 0 Å². The predicted molar refractivity (Wildman–Crippen MR) is 100 cm³/mol. The zero-order valence-corrected chi connectivity index (χ0v) is 14.3. The van der Waals surface area contributed by atoms with Crippen molar-refractivity contribution in [1.82, 2.24) is 5.32 Å². The van der Waals surface area contributed by atoms with Crippen LogP contribution in [0.4, 0.5) is 0 Å². The van der Waals surface area contributed by atoms with Gasteiger partial charge in [0.15, 0.2) is 0 Å².